The Bertz CT molecular complexity index is 426. The summed E-state index contributed by atoms with van der Waals surface area (Å²) in [5.41, 5.74) is 0.931. The standard InChI is InChI=1S/C16H28ClN3S/c1-6-13(11-21-5)20(4)16-8-7-14(17)15(19-16)10-18-9-12(2)3/h7-8,12-13,18H,6,9-11H2,1-5H3. The molecule has 0 aliphatic carbocycles. The predicted octanol–water partition coefficient (Wildman–Crippen LogP) is 4.06. The van der Waals surface area contributed by atoms with Gasteiger partial charge >= 0.3 is 0 Å². The molecule has 1 unspecified atom stereocenters. The summed E-state index contributed by atoms with van der Waals surface area (Å²) in [6.45, 7) is 8.31. The minimum atomic E-state index is 0.505. The van der Waals surface area contributed by atoms with Crippen LogP contribution in [0.4, 0.5) is 5.82 Å². The van der Waals surface area contributed by atoms with E-state index >= 15 is 0 Å². The highest BCUT2D eigenvalue weighted by molar-refractivity contribution is 7.98. The van der Waals surface area contributed by atoms with Gasteiger partial charge in [0.15, 0.2) is 0 Å². The van der Waals surface area contributed by atoms with Crippen molar-refractivity contribution in [1.82, 2.24) is 10.3 Å². The Labute approximate surface area is 138 Å². The monoisotopic (exact) mass is 329 g/mol. The highest BCUT2D eigenvalue weighted by Crippen LogP contribution is 2.21. The quantitative estimate of drug-likeness (QED) is 0.739. The van der Waals surface area contributed by atoms with E-state index in [-0.39, 0.29) is 0 Å². The number of anilines is 1. The fraction of sp³-hybridized carbons (Fsp3) is 0.688. The summed E-state index contributed by atoms with van der Waals surface area (Å²) in [4.78, 5) is 7.01. The van der Waals surface area contributed by atoms with Crippen molar-refractivity contribution in [2.75, 3.05) is 30.5 Å². The van der Waals surface area contributed by atoms with Crippen molar-refractivity contribution >= 4 is 29.2 Å². The van der Waals surface area contributed by atoms with Crippen LogP contribution in [-0.4, -0.2) is 36.6 Å². The van der Waals surface area contributed by atoms with Crippen LogP contribution in [-0.2, 0) is 6.54 Å². The first kappa shape index (κ1) is 18.6. The Hall–Kier alpha value is -0.450. The highest BCUT2D eigenvalue weighted by atomic mass is 35.5. The Morgan fingerprint density at radius 1 is 1.38 bits per heavy atom. The molecule has 0 spiro atoms. The van der Waals surface area contributed by atoms with E-state index in [0.717, 1.165) is 41.8 Å². The molecule has 1 atom stereocenters. The lowest BCUT2D eigenvalue weighted by Gasteiger charge is -2.28. The normalized spacial score (nSPS) is 12.7. The van der Waals surface area contributed by atoms with Crippen LogP contribution in [0.2, 0.25) is 5.02 Å². The van der Waals surface area contributed by atoms with Gasteiger partial charge in [0.25, 0.3) is 0 Å². The number of hydrogen-bond donors (Lipinski definition) is 1. The topological polar surface area (TPSA) is 28.2 Å². The molecule has 0 aliphatic heterocycles. The third kappa shape index (κ3) is 6.05. The van der Waals surface area contributed by atoms with E-state index in [1.807, 2.05) is 23.9 Å². The SMILES string of the molecule is CCC(CSC)N(C)c1ccc(Cl)c(CNCC(C)C)n1. The molecule has 3 nitrogen and oxygen atoms in total. The number of halogens is 1. The molecule has 0 amide bonds. The van der Waals surface area contributed by atoms with Crippen molar-refractivity contribution in [1.29, 1.82) is 0 Å². The molecular formula is C16H28ClN3S. The highest BCUT2D eigenvalue weighted by Gasteiger charge is 2.15. The van der Waals surface area contributed by atoms with Crippen molar-refractivity contribution in [2.45, 2.75) is 39.8 Å². The minimum Gasteiger partial charge on any atom is -0.356 e. The maximum absolute atomic E-state index is 6.27. The van der Waals surface area contributed by atoms with Crippen molar-refractivity contribution < 1.29 is 0 Å². The second kappa shape index (κ2) is 9.54. The summed E-state index contributed by atoms with van der Waals surface area (Å²) in [5, 5.41) is 4.14. The Morgan fingerprint density at radius 2 is 2.10 bits per heavy atom. The largest absolute Gasteiger partial charge is 0.356 e. The molecular weight excluding hydrogens is 302 g/mol. The molecule has 21 heavy (non-hydrogen) atoms. The van der Waals surface area contributed by atoms with Crippen molar-refractivity contribution in [3.8, 4) is 0 Å². The fourth-order valence-corrected chi connectivity index (χ4v) is 3.17. The predicted molar refractivity (Wildman–Crippen MR) is 96.7 cm³/mol. The smallest absolute Gasteiger partial charge is 0.128 e. The van der Waals surface area contributed by atoms with Gasteiger partial charge in [0, 0.05) is 25.4 Å². The molecule has 0 saturated carbocycles. The van der Waals surface area contributed by atoms with Crippen molar-refractivity contribution in [3.05, 3.63) is 22.8 Å². The summed E-state index contributed by atoms with van der Waals surface area (Å²) < 4.78 is 0. The number of aromatic nitrogens is 1. The van der Waals surface area contributed by atoms with Crippen LogP contribution in [0, 0.1) is 5.92 Å². The summed E-state index contributed by atoms with van der Waals surface area (Å²) in [6, 6.07) is 4.47. The number of rotatable bonds is 9. The first-order chi connectivity index (χ1) is 9.99. The zero-order valence-corrected chi connectivity index (χ0v) is 15.4. The number of hydrogen-bond acceptors (Lipinski definition) is 4. The summed E-state index contributed by atoms with van der Waals surface area (Å²) >= 11 is 8.14. The zero-order chi connectivity index (χ0) is 15.8. The molecule has 0 saturated heterocycles. The van der Waals surface area contributed by atoms with Crippen LogP contribution in [0.1, 0.15) is 32.9 Å². The van der Waals surface area contributed by atoms with E-state index in [0.29, 0.717) is 12.0 Å². The van der Waals surface area contributed by atoms with Gasteiger partial charge in [0.1, 0.15) is 5.82 Å². The van der Waals surface area contributed by atoms with Crippen LogP contribution >= 0.6 is 23.4 Å². The van der Waals surface area contributed by atoms with Gasteiger partial charge in [-0.1, -0.05) is 32.4 Å². The Kier molecular flexibility index (Phi) is 8.45. The molecule has 1 rings (SSSR count). The fourth-order valence-electron chi connectivity index (χ4n) is 2.16. The number of pyridine rings is 1. The molecule has 0 aliphatic rings. The van der Waals surface area contributed by atoms with Gasteiger partial charge in [-0.25, -0.2) is 4.98 Å². The lowest BCUT2D eigenvalue weighted by atomic mass is 10.2. The van der Waals surface area contributed by atoms with Gasteiger partial charge in [-0.15, -0.1) is 0 Å². The van der Waals surface area contributed by atoms with Crippen molar-refractivity contribution in [2.24, 2.45) is 5.92 Å². The summed E-state index contributed by atoms with van der Waals surface area (Å²) in [6.07, 6.45) is 3.26. The van der Waals surface area contributed by atoms with E-state index in [1.54, 1.807) is 0 Å². The van der Waals surface area contributed by atoms with E-state index in [4.69, 9.17) is 16.6 Å². The Morgan fingerprint density at radius 3 is 2.67 bits per heavy atom. The van der Waals surface area contributed by atoms with E-state index in [2.05, 4.69) is 44.3 Å². The summed E-state index contributed by atoms with van der Waals surface area (Å²) in [7, 11) is 2.12. The average molecular weight is 330 g/mol. The molecule has 1 N–H and O–H groups in total. The van der Waals surface area contributed by atoms with Gasteiger partial charge in [-0.05, 0) is 37.3 Å². The molecule has 0 radical (unpaired) electrons. The van der Waals surface area contributed by atoms with Crippen molar-refractivity contribution in [3.63, 3.8) is 0 Å². The number of nitrogens with one attached hydrogen (secondary N) is 1. The minimum absolute atomic E-state index is 0.505. The molecule has 0 fully saturated rings. The van der Waals surface area contributed by atoms with E-state index in [1.165, 1.54) is 0 Å². The van der Waals surface area contributed by atoms with Crippen LogP contribution < -0.4 is 10.2 Å². The number of thioether (sulfide) groups is 1. The third-order valence-electron chi connectivity index (χ3n) is 3.49. The maximum atomic E-state index is 6.27. The molecule has 5 heteroatoms. The van der Waals surface area contributed by atoms with Crippen LogP contribution in [0.15, 0.2) is 12.1 Å². The zero-order valence-electron chi connectivity index (χ0n) is 13.8. The number of nitrogens with zero attached hydrogens (tertiary/aromatic N) is 2. The Balaban J connectivity index is 2.79. The molecule has 1 heterocycles. The van der Waals surface area contributed by atoms with E-state index < -0.39 is 0 Å². The molecule has 0 aromatic carbocycles. The summed E-state index contributed by atoms with van der Waals surface area (Å²) in [5.74, 6) is 2.74. The maximum Gasteiger partial charge on any atom is 0.128 e. The second-order valence-corrected chi connectivity index (χ2v) is 7.07. The van der Waals surface area contributed by atoms with Crippen LogP contribution in [0.3, 0.4) is 0 Å². The third-order valence-corrected chi connectivity index (χ3v) is 4.55. The first-order valence-corrected chi connectivity index (χ1v) is 9.34. The van der Waals surface area contributed by atoms with Crippen LogP contribution in [0.5, 0.6) is 0 Å². The molecule has 120 valence electrons. The average Bonchev–Trinajstić information content (AvgIpc) is 2.45. The lowest BCUT2D eigenvalue weighted by molar-refractivity contribution is 0.548. The molecule has 1 aromatic rings. The van der Waals surface area contributed by atoms with Gasteiger partial charge in [0.2, 0.25) is 0 Å². The molecule has 1 aromatic heterocycles. The first-order valence-electron chi connectivity index (χ1n) is 7.57. The second-order valence-electron chi connectivity index (χ2n) is 5.75. The van der Waals surface area contributed by atoms with Gasteiger partial charge in [-0.2, -0.15) is 11.8 Å². The van der Waals surface area contributed by atoms with E-state index in [9.17, 15) is 0 Å². The van der Waals surface area contributed by atoms with Gasteiger partial charge in [0.05, 0.1) is 10.7 Å². The van der Waals surface area contributed by atoms with Gasteiger partial charge in [-0.3, -0.25) is 0 Å². The molecule has 0 bridgehead atoms. The van der Waals surface area contributed by atoms with Gasteiger partial charge < -0.3 is 10.2 Å². The van der Waals surface area contributed by atoms with Crippen LogP contribution in [0.25, 0.3) is 0 Å². The lowest BCUT2D eigenvalue weighted by Crippen LogP contribution is -2.34.